The summed E-state index contributed by atoms with van der Waals surface area (Å²) in [6.07, 6.45) is 12.5. The predicted molar refractivity (Wildman–Crippen MR) is 110 cm³/mol. The molecule has 1 nitrogen and oxygen atoms in total. The van der Waals surface area contributed by atoms with E-state index < -0.39 is 13.3 Å². The summed E-state index contributed by atoms with van der Waals surface area (Å²) in [6, 6.07) is 11.2. The Morgan fingerprint density at radius 3 is 1.79 bits per heavy atom. The van der Waals surface area contributed by atoms with Crippen LogP contribution in [0.1, 0.15) is 69.6 Å². The fraction of sp³-hybridized carbons (Fsp3) is 0.636. The van der Waals surface area contributed by atoms with Gasteiger partial charge in [0.2, 0.25) is 0 Å². The van der Waals surface area contributed by atoms with Crippen LogP contribution >= 0.6 is 0 Å². The average Bonchev–Trinajstić information content (AvgIpc) is 2.63. The van der Waals surface area contributed by atoms with Crippen LogP contribution in [-0.4, -0.2) is 20.4 Å². The van der Waals surface area contributed by atoms with Gasteiger partial charge in [-0.05, 0) is 0 Å². The van der Waals surface area contributed by atoms with Gasteiger partial charge in [0, 0.05) is 0 Å². The molecule has 0 aliphatic carbocycles. The molecule has 0 bridgehead atoms. The Morgan fingerprint density at radius 2 is 1.38 bits per heavy atom. The van der Waals surface area contributed by atoms with Gasteiger partial charge >= 0.3 is 153 Å². The van der Waals surface area contributed by atoms with E-state index in [1.807, 2.05) is 6.26 Å². The number of allylic oxidation sites excluding steroid dienone is 1. The molecule has 136 valence electrons. The number of rotatable bonds is 13. The van der Waals surface area contributed by atoms with Gasteiger partial charge in [-0.3, -0.25) is 0 Å². The number of ether oxygens (including phenoxy) is 1. The van der Waals surface area contributed by atoms with Crippen molar-refractivity contribution >= 4 is 13.3 Å². The van der Waals surface area contributed by atoms with Crippen LogP contribution in [0, 0.1) is 0 Å². The van der Waals surface area contributed by atoms with Crippen molar-refractivity contribution in [3.8, 4) is 0 Å². The summed E-state index contributed by atoms with van der Waals surface area (Å²) in [5.74, 6) is 0. The first-order chi connectivity index (χ1) is 11.7. The standard InChI is InChI=1S/C22H38GeO/c1-5-8-17-23(18-9-6-2,19-10-7-3)22(16-20-24-4)21-14-12-11-13-15-21/h11-16,20,22H,5-10,17-19H2,1-4H3/b20-16-. The Labute approximate surface area is 153 Å². The van der Waals surface area contributed by atoms with E-state index in [4.69, 9.17) is 4.74 Å². The van der Waals surface area contributed by atoms with E-state index in [2.05, 4.69) is 57.2 Å². The molecule has 1 unspecified atom stereocenters. The molecule has 0 heterocycles. The van der Waals surface area contributed by atoms with Crippen LogP contribution in [0.4, 0.5) is 0 Å². The van der Waals surface area contributed by atoms with Crippen LogP contribution in [0.15, 0.2) is 42.7 Å². The molecule has 2 heteroatoms. The van der Waals surface area contributed by atoms with Crippen molar-refractivity contribution in [2.45, 2.75) is 79.8 Å². The van der Waals surface area contributed by atoms with Crippen molar-refractivity contribution in [2.75, 3.05) is 7.11 Å². The summed E-state index contributed by atoms with van der Waals surface area (Å²) >= 11 is -2.06. The minimum absolute atomic E-state index is 0.635. The average molecular weight is 391 g/mol. The van der Waals surface area contributed by atoms with Crippen molar-refractivity contribution in [2.24, 2.45) is 0 Å². The van der Waals surface area contributed by atoms with Crippen LogP contribution in [0.2, 0.25) is 15.8 Å². The maximum absolute atomic E-state index is 5.35. The predicted octanol–water partition coefficient (Wildman–Crippen LogP) is 7.32. The summed E-state index contributed by atoms with van der Waals surface area (Å²) in [4.78, 5) is 0. The quantitative estimate of drug-likeness (QED) is 0.253. The summed E-state index contributed by atoms with van der Waals surface area (Å²) in [7, 11) is 1.78. The summed E-state index contributed by atoms with van der Waals surface area (Å²) < 4.78 is 5.99. The van der Waals surface area contributed by atoms with Crippen LogP contribution in [0.5, 0.6) is 0 Å². The van der Waals surface area contributed by atoms with Gasteiger partial charge < -0.3 is 0 Å². The Kier molecular flexibility index (Phi) is 11.2. The van der Waals surface area contributed by atoms with Gasteiger partial charge in [0.1, 0.15) is 0 Å². The molecule has 1 aromatic rings. The number of benzene rings is 1. The normalized spacial score (nSPS) is 13.3. The maximum atomic E-state index is 5.35. The van der Waals surface area contributed by atoms with Gasteiger partial charge in [-0.25, -0.2) is 0 Å². The van der Waals surface area contributed by atoms with E-state index in [1.54, 1.807) is 7.11 Å². The Balaban J connectivity index is 3.25. The Bertz CT molecular complexity index is 419. The first kappa shape index (κ1) is 21.3. The van der Waals surface area contributed by atoms with Crippen molar-refractivity contribution in [3.63, 3.8) is 0 Å². The molecule has 0 amide bonds. The van der Waals surface area contributed by atoms with Gasteiger partial charge in [0.15, 0.2) is 0 Å². The van der Waals surface area contributed by atoms with E-state index in [-0.39, 0.29) is 0 Å². The van der Waals surface area contributed by atoms with Crippen molar-refractivity contribution in [1.29, 1.82) is 0 Å². The second-order valence-corrected chi connectivity index (χ2v) is 17.3. The summed E-state index contributed by atoms with van der Waals surface area (Å²) in [5.41, 5.74) is 1.52. The van der Waals surface area contributed by atoms with Crippen molar-refractivity contribution < 1.29 is 4.74 Å². The van der Waals surface area contributed by atoms with Gasteiger partial charge in [-0.15, -0.1) is 0 Å². The second kappa shape index (κ2) is 12.6. The number of methoxy groups -OCH3 is 1. The van der Waals surface area contributed by atoms with E-state index in [0.717, 1.165) is 0 Å². The SMILES string of the molecule is CCC[CH2][Ge]([CH2]CCC)([CH2]CCC)[CH](/C=C\OC)c1ccccc1. The van der Waals surface area contributed by atoms with Crippen LogP contribution in [0.25, 0.3) is 0 Å². The van der Waals surface area contributed by atoms with Gasteiger partial charge in [0.05, 0.1) is 0 Å². The molecule has 0 radical (unpaired) electrons. The summed E-state index contributed by atoms with van der Waals surface area (Å²) in [5, 5.41) is 4.51. The van der Waals surface area contributed by atoms with E-state index in [1.165, 1.54) is 59.8 Å². The van der Waals surface area contributed by atoms with Gasteiger partial charge in [-0.2, -0.15) is 0 Å². The van der Waals surface area contributed by atoms with E-state index in [0.29, 0.717) is 4.75 Å². The molecule has 0 saturated heterocycles. The zero-order valence-corrected chi connectivity index (χ0v) is 18.5. The number of hydrogen-bond acceptors (Lipinski definition) is 1. The Hall–Kier alpha value is -0.697. The second-order valence-electron chi connectivity index (χ2n) is 7.13. The molecule has 1 atom stereocenters. The fourth-order valence-corrected chi connectivity index (χ4v) is 17.0. The third-order valence-electron chi connectivity index (χ3n) is 5.31. The molecule has 24 heavy (non-hydrogen) atoms. The third kappa shape index (κ3) is 6.66. The molecule has 0 aromatic heterocycles. The molecule has 0 aliphatic rings. The third-order valence-corrected chi connectivity index (χ3v) is 17.7. The van der Waals surface area contributed by atoms with Crippen molar-refractivity contribution in [1.82, 2.24) is 0 Å². The molecular weight excluding hydrogens is 353 g/mol. The zero-order chi connectivity index (χ0) is 17.7. The molecule has 0 N–H and O–H groups in total. The topological polar surface area (TPSA) is 9.23 Å². The van der Waals surface area contributed by atoms with Crippen molar-refractivity contribution in [3.05, 3.63) is 48.2 Å². The first-order valence-electron chi connectivity index (χ1n) is 9.98. The summed E-state index contributed by atoms with van der Waals surface area (Å²) in [6.45, 7) is 7.03. The number of unbranched alkanes of at least 4 members (excludes halogenated alkanes) is 3. The van der Waals surface area contributed by atoms with Gasteiger partial charge in [0.25, 0.3) is 0 Å². The molecule has 0 spiro atoms. The molecule has 0 saturated carbocycles. The van der Waals surface area contributed by atoms with E-state index in [9.17, 15) is 0 Å². The zero-order valence-electron chi connectivity index (χ0n) is 16.4. The van der Waals surface area contributed by atoms with Crippen LogP contribution in [-0.2, 0) is 4.74 Å². The van der Waals surface area contributed by atoms with Crippen LogP contribution in [0.3, 0.4) is 0 Å². The fourth-order valence-electron chi connectivity index (χ4n) is 3.91. The molecule has 0 fully saturated rings. The molecule has 0 aliphatic heterocycles. The monoisotopic (exact) mass is 392 g/mol. The Morgan fingerprint density at radius 1 is 0.875 bits per heavy atom. The van der Waals surface area contributed by atoms with E-state index >= 15 is 0 Å². The van der Waals surface area contributed by atoms with Gasteiger partial charge in [-0.1, -0.05) is 0 Å². The first-order valence-corrected chi connectivity index (χ1v) is 15.6. The molecule has 1 rings (SSSR count). The molecular formula is C22H38GeO. The number of hydrogen-bond donors (Lipinski definition) is 0. The van der Waals surface area contributed by atoms with Crippen LogP contribution < -0.4 is 0 Å². The molecule has 1 aromatic carbocycles. The minimum atomic E-state index is -2.06.